The Morgan fingerprint density at radius 2 is 0.370 bits per heavy atom. The lowest BCUT2D eigenvalue weighted by Crippen LogP contribution is -2.30. The number of hydrogen-bond acceptors (Lipinski definition) is 15. The summed E-state index contributed by atoms with van der Waals surface area (Å²) < 4.78 is 69.0. The van der Waals surface area contributed by atoms with E-state index in [0.29, 0.717) is 25.7 Å². The van der Waals surface area contributed by atoms with E-state index in [4.69, 9.17) is 37.0 Å². The van der Waals surface area contributed by atoms with E-state index in [-0.39, 0.29) is 25.7 Å². The van der Waals surface area contributed by atoms with Crippen LogP contribution in [-0.2, 0) is 65.4 Å². The molecule has 0 spiro atoms. The van der Waals surface area contributed by atoms with Crippen molar-refractivity contribution in [3.63, 3.8) is 0 Å². The first kappa shape index (κ1) is 106. The van der Waals surface area contributed by atoms with Gasteiger partial charge in [0.2, 0.25) is 0 Å². The first-order valence-electron chi connectivity index (χ1n) is 46.3. The van der Waals surface area contributed by atoms with Crippen LogP contribution in [0.1, 0.15) is 490 Å². The van der Waals surface area contributed by atoms with Gasteiger partial charge in [-0.3, -0.25) is 37.3 Å². The summed E-state index contributed by atoms with van der Waals surface area (Å²) in [5.74, 6) is -2.09. The molecule has 0 saturated carbocycles. The molecule has 0 aromatic carbocycles. The fourth-order valence-electron chi connectivity index (χ4n) is 14.1. The van der Waals surface area contributed by atoms with Crippen molar-refractivity contribution in [2.75, 3.05) is 39.6 Å². The van der Waals surface area contributed by atoms with Crippen molar-refractivity contribution in [2.45, 2.75) is 508 Å². The molecule has 0 aliphatic carbocycles. The number of carbonyl (C=O) groups excluding carboxylic acids is 4. The zero-order valence-corrected chi connectivity index (χ0v) is 72.6. The Labute approximate surface area is 664 Å². The molecule has 0 bridgehead atoms. The highest BCUT2D eigenvalue weighted by Crippen LogP contribution is 2.45. The van der Waals surface area contributed by atoms with Gasteiger partial charge in [-0.25, -0.2) is 9.13 Å². The van der Waals surface area contributed by atoms with Crippen molar-refractivity contribution in [1.82, 2.24) is 0 Å². The molecule has 3 N–H and O–H groups in total. The number of aliphatic hydroxyl groups is 1. The highest BCUT2D eigenvalue weighted by atomic mass is 31.2. The van der Waals surface area contributed by atoms with Gasteiger partial charge in [0, 0.05) is 25.7 Å². The van der Waals surface area contributed by atoms with Gasteiger partial charge in [0.15, 0.2) is 12.2 Å². The molecule has 0 aromatic rings. The van der Waals surface area contributed by atoms with Crippen LogP contribution < -0.4 is 0 Å². The maximum atomic E-state index is 13.2. The largest absolute Gasteiger partial charge is 0.472 e. The minimum absolute atomic E-state index is 0.109. The Balaban J connectivity index is 5.21. The molecule has 642 valence electrons. The quantitative estimate of drug-likeness (QED) is 0.0222. The lowest BCUT2D eigenvalue weighted by Gasteiger charge is -2.21. The molecule has 0 aliphatic heterocycles. The monoisotopic (exact) mass is 1580 g/mol. The molecule has 108 heavy (non-hydrogen) atoms. The fraction of sp³-hybridized carbons (Fsp3) is 0.955. The van der Waals surface area contributed by atoms with Crippen molar-refractivity contribution >= 4 is 39.5 Å². The number of aliphatic hydroxyl groups excluding tert-OH is 1. The first-order chi connectivity index (χ1) is 52.7. The van der Waals surface area contributed by atoms with Crippen LogP contribution in [0, 0.1) is 0 Å². The summed E-state index contributed by atoms with van der Waals surface area (Å²) >= 11 is 0. The van der Waals surface area contributed by atoms with E-state index in [1.165, 1.54) is 321 Å². The highest BCUT2D eigenvalue weighted by molar-refractivity contribution is 7.47. The number of phosphoric ester groups is 2. The van der Waals surface area contributed by atoms with Gasteiger partial charge < -0.3 is 33.8 Å². The van der Waals surface area contributed by atoms with E-state index in [0.717, 1.165) is 89.9 Å². The molecule has 2 unspecified atom stereocenters. The van der Waals surface area contributed by atoms with Crippen LogP contribution >= 0.6 is 15.6 Å². The second-order valence-electron chi connectivity index (χ2n) is 32.0. The van der Waals surface area contributed by atoms with Gasteiger partial charge in [-0.15, -0.1) is 0 Å². The molecule has 0 amide bonds. The number of esters is 4. The summed E-state index contributed by atoms with van der Waals surface area (Å²) in [7, 11) is -9.93. The van der Waals surface area contributed by atoms with E-state index in [1.54, 1.807) is 0 Å². The van der Waals surface area contributed by atoms with E-state index in [9.17, 15) is 43.2 Å². The zero-order valence-electron chi connectivity index (χ0n) is 70.8. The molecule has 5 atom stereocenters. The van der Waals surface area contributed by atoms with Gasteiger partial charge in [0.25, 0.3) is 0 Å². The molecule has 0 aliphatic rings. The predicted molar refractivity (Wildman–Crippen MR) is 446 cm³/mol. The summed E-state index contributed by atoms with van der Waals surface area (Å²) in [6, 6.07) is 0. The van der Waals surface area contributed by atoms with E-state index >= 15 is 0 Å². The maximum Gasteiger partial charge on any atom is 0.472 e. The number of unbranched alkanes of at least 4 members (excludes halogenated alkanes) is 64. The van der Waals surface area contributed by atoms with Gasteiger partial charge in [0.1, 0.15) is 19.3 Å². The van der Waals surface area contributed by atoms with Crippen LogP contribution in [0.5, 0.6) is 0 Å². The van der Waals surface area contributed by atoms with E-state index in [1.807, 2.05) is 0 Å². The van der Waals surface area contributed by atoms with Crippen molar-refractivity contribution in [3.8, 4) is 0 Å². The average Bonchev–Trinajstić information content (AvgIpc) is 0.905. The Morgan fingerprint density at radius 1 is 0.222 bits per heavy atom. The maximum absolute atomic E-state index is 13.2. The molecule has 0 heterocycles. The highest BCUT2D eigenvalue weighted by Gasteiger charge is 2.30. The topological polar surface area (TPSA) is 237 Å². The second-order valence-corrected chi connectivity index (χ2v) is 34.9. The molecule has 0 aromatic heterocycles. The molecule has 0 radical (unpaired) electrons. The number of phosphoric acid groups is 2. The number of hydrogen-bond donors (Lipinski definition) is 3. The number of rotatable bonds is 90. The van der Waals surface area contributed by atoms with Gasteiger partial charge >= 0.3 is 39.5 Å². The van der Waals surface area contributed by atoms with Gasteiger partial charge in [-0.1, -0.05) is 439 Å². The van der Waals surface area contributed by atoms with Crippen molar-refractivity contribution in [2.24, 2.45) is 0 Å². The van der Waals surface area contributed by atoms with Crippen LogP contribution in [0.25, 0.3) is 0 Å². The fourth-order valence-corrected chi connectivity index (χ4v) is 15.6. The molecule has 0 saturated heterocycles. The molecular weight excluding hydrogens is 1400 g/mol. The number of ether oxygens (including phenoxy) is 4. The third-order valence-corrected chi connectivity index (χ3v) is 23.0. The zero-order chi connectivity index (χ0) is 78.9. The van der Waals surface area contributed by atoms with Gasteiger partial charge in [0.05, 0.1) is 26.4 Å². The van der Waals surface area contributed by atoms with Crippen LogP contribution in [0.2, 0.25) is 0 Å². The molecule has 0 rings (SSSR count). The smallest absolute Gasteiger partial charge is 0.462 e. The van der Waals surface area contributed by atoms with Gasteiger partial charge in [-0.2, -0.15) is 0 Å². The summed E-state index contributed by atoms with van der Waals surface area (Å²) in [6.07, 6.45) is 79.3. The normalized spacial score (nSPS) is 13.7. The second kappa shape index (κ2) is 83.0. The summed E-state index contributed by atoms with van der Waals surface area (Å²) in [5, 5.41) is 10.7. The Morgan fingerprint density at radius 3 is 0.546 bits per heavy atom. The minimum Gasteiger partial charge on any atom is -0.462 e. The molecule has 0 fully saturated rings. The first-order valence-corrected chi connectivity index (χ1v) is 49.3. The minimum atomic E-state index is -4.97. The van der Waals surface area contributed by atoms with Gasteiger partial charge in [-0.05, 0) is 25.7 Å². The summed E-state index contributed by atoms with van der Waals surface area (Å²) in [5.41, 5.74) is 0. The van der Waals surface area contributed by atoms with Crippen LogP contribution in [0.15, 0.2) is 0 Å². The van der Waals surface area contributed by atoms with E-state index in [2.05, 4.69) is 27.7 Å². The SMILES string of the molecule is CCCCCCCCCCCCCCCCCCCCCCCCC(=O)O[C@H](COC(=O)CCCCCCCCCCCCCCCCCCCCCC)COP(=O)(O)OC[C@@H](O)COP(=O)(O)OC[C@@H](COC(=O)CCCCCCCCCCCC)OC(=O)CCCCCCCCCCCCCCCCCC. The lowest BCUT2D eigenvalue weighted by atomic mass is 10.0. The van der Waals surface area contributed by atoms with Crippen LogP contribution in [0.3, 0.4) is 0 Å². The Kier molecular flexibility index (Phi) is 81.5. The summed E-state index contributed by atoms with van der Waals surface area (Å²) in [6.45, 7) is 5.07. The van der Waals surface area contributed by atoms with Crippen molar-refractivity contribution in [3.05, 3.63) is 0 Å². The third-order valence-electron chi connectivity index (χ3n) is 21.1. The van der Waals surface area contributed by atoms with Crippen molar-refractivity contribution in [1.29, 1.82) is 0 Å². The number of carbonyl (C=O) groups is 4. The Hall–Kier alpha value is -1.94. The predicted octanol–water partition coefficient (Wildman–Crippen LogP) is 27.7. The Bertz CT molecular complexity index is 2030. The molecule has 17 nitrogen and oxygen atoms in total. The van der Waals surface area contributed by atoms with E-state index < -0.39 is 97.5 Å². The average molecular weight is 1580 g/mol. The third kappa shape index (κ3) is 82.1. The van der Waals surface area contributed by atoms with Crippen LogP contribution in [-0.4, -0.2) is 96.7 Å². The van der Waals surface area contributed by atoms with Crippen LogP contribution in [0.4, 0.5) is 0 Å². The lowest BCUT2D eigenvalue weighted by molar-refractivity contribution is -0.161. The molecular formula is C89H174O17P2. The molecule has 19 heteroatoms. The standard InChI is InChI=1S/C89H174O17P2/c1-5-9-13-17-21-25-29-32-35-38-40-42-43-45-47-50-53-56-60-64-68-72-76-89(94)106-85(80-100-87(92)74-70-66-62-58-54-51-49-46-44-41-39-36-33-30-26-22-18-14-10-6-2)82-104-108(97,98)102-78-83(90)77-101-107(95,96)103-81-84(79-99-86(91)73-69-65-61-57-28-24-20-16-12-8-4)105-88(93)75-71-67-63-59-55-52-48-37-34-31-27-23-19-15-11-7-3/h83-85,90H,5-82H2,1-4H3,(H,95,96)(H,97,98)/t83-,84+,85+/m0/s1. The van der Waals surface area contributed by atoms with Crippen molar-refractivity contribution < 1.29 is 80.2 Å². The summed E-state index contributed by atoms with van der Waals surface area (Å²) in [4.78, 5) is 73.3.